The lowest BCUT2D eigenvalue weighted by Gasteiger charge is -2.42. The average Bonchev–Trinajstić information content (AvgIpc) is 2.60. The lowest BCUT2D eigenvalue weighted by atomic mass is 9.73. The Bertz CT molecular complexity index is 654. The van der Waals surface area contributed by atoms with Crippen molar-refractivity contribution in [2.24, 2.45) is 5.41 Å². The van der Waals surface area contributed by atoms with Gasteiger partial charge >= 0.3 is 5.97 Å². The van der Waals surface area contributed by atoms with Gasteiger partial charge in [-0.2, -0.15) is 0 Å². The Morgan fingerprint density at radius 2 is 2.00 bits per heavy atom. The number of carboxylic acid groups (broad SMARTS) is 1. The number of ether oxygens (including phenoxy) is 2. The van der Waals surface area contributed by atoms with Gasteiger partial charge in [0.1, 0.15) is 0 Å². The van der Waals surface area contributed by atoms with Crippen molar-refractivity contribution in [2.75, 3.05) is 26.3 Å². The number of aliphatic hydroxyl groups is 1. The second-order valence-corrected chi connectivity index (χ2v) is 7.39. The van der Waals surface area contributed by atoms with Gasteiger partial charge in [-0.05, 0) is 50.9 Å². The molecule has 152 valence electrons. The molecule has 1 heterocycles. The third-order valence-electron chi connectivity index (χ3n) is 5.13. The van der Waals surface area contributed by atoms with Crippen LogP contribution in [-0.4, -0.2) is 53.5 Å². The van der Waals surface area contributed by atoms with Gasteiger partial charge in [0.15, 0.2) is 11.5 Å². The first kappa shape index (κ1) is 21.8. The van der Waals surface area contributed by atoms with Crippen molar-refractivity contribution in [3.8, 4) is 11.5 Å². The zero-order valence-electron chi connectivity index (χ0n) is 16.3. The van der Waals surface area contributed by atoms with Crippen LogP contribution in [0.1, 0.15) is 45.6 Å². The maximum Gasteiger partial charge on any atom is 0.312 e. The largest absolute Gasteiger partial charge is 0.490 e. The molecule has 1 aromatic carbocycles. The maximum absolute atomic E-state index is 11.8. The molecule has 0 saturated carbocycles. The van der Waals surface area contributed by atoms with Gasteiger partial charge in [0.05, 0.1) is 29.8 Å². The summed E-state index contributed by atoms with van der Waals surface area (Å²) in [6, 6.07) is 3.74. The van der Waals surface area contributed by atoms with Crippen molar-refractivity contribution in [3.63, 3.8) is 0 Å². The summed E-state index contributed by atoms with van der Waals surface area (Å²) in [5, 5.41) is 20.7. The normalized spacial score (nSPS) is 23.2. The molecule has 2 rings (SSSR count). The molecule has 0 aromatic heterocycles. The summed E-state index contributed by atoms with van der Waals surface area (Å²) in [7, 11) is 0. The van der Waals surface area contributed by atoms with Crippen LogP contribution < -0.4 is 9.47 Å². The SMILES string of the molecule is CCC[C@]1(C(=O)O)CCN(Cc2cc(Cl)c(OCC)c(OCC)c2)C[C@H]1O. The molecular formula is C20H30ClNO5. The fourth-order valence-electron chi connectivity index (χ4n) is 3.79. The van der Waals surface area contributed by atoms with E-state index in [9.17, 15) is 15.0 Å². The van der Waals surface area contributed by atoms with Crippen molar-refractivity contribution in [2.45, 2.75) is 52.7 Å². The summed E-state index contributed by atoms with van der Waals surface area (Å²) in [5.41, 5.74) is -0.101. The highest BCUT2D eigenvalue weighted by molar-refractivity contribution is 6.32. The second kappa shape index (κ2) is 9.62. The van der Waals surface area contributed by atoms with Crippen molar-refractivity contribution >= 4 is 17.6 Å². The predicted molar refractivity (Wildman–Crippen MR) is 105 cm³/mol. The number of aliphatic hydroxyl groups excluding tert-OH is 1. The van der Waals surface area contributed by atoms with Gasteiger partial charge in [0.2, 0.25) is 0 Å². The van der Waals surface area contributed by atoms with Crippen LogP contribution >= 0.6 is 11.6 Å². The molecular weight excluding hydrogens is 370 g/mol. The fraction of sp³-hybridized carbons (Fsp3) is 0.650. The molecule has 2 N–H and O–H groups in total. The van der Waals surface area contributed by atoms with E-state index in [0.29, 0.717) is 62.2 Å². The number of β-amino-alcohol motifs (C(OH)–C–C–N with tert-alkyl or cyclic N) is 1. The van der Waals surface area contributed by atoms with E-state index in [1.54, 1.807) is 0 Å². The number of aliphatic carboxylic acids is 1. The minimum atomic E-state index is -1.04. The molecule has 1 saturated heterocycles. The van der Waals surface area contributed by atoms with Gasteiger partial charge in [-0.3, -0.25) is 9.69 Å². The summed E-state index contributed by atoms with van der Waals surface area (Å²) in [4.78, 5) is 13.8. The van der Waals surface area contributed by atoms with Crippen LogP contribution in [0.2, 0.25) is 5.02 Å². The zero-order valence-corrected chi connectivity index (χ0v) is 17.1. The van der Waals surface area contributed by atoms with Crippen molar-refractivity contribution in [1.82, 2.24) is 4.90 Å². The van der Waals surface area contributed by atoms with Crippen LogP contribution in [-0.2, 0) is 11.3 Å². The van der Waals surface area contributed by atoms with Gasteiger partial charge in [-0.15, -0.1) is 0 Å². The van der Waals surface area contributed by atoms with Gasteiger partial charge in [0, 0.05) is 13.1 Å². The number of hydrogen-bond acceptors (Lipinski definition) is 5. The molecule has 27 heavy (non-hydrogen) atoms. The van der Waals surface area contributed by atoms with E-state index in [4.69, 9.17) is 21.1 Å². The second-order valence-electron chi connectivity index (χ2n) is 6.98. The summed E-state index contributed by atoms with van der Waals surface area (Å²) in [5.74, 6) is 0.237. The molecule has 0 bridgehead atoms. The average molecular weight is 400 g/mol. The molecule has 1 aliphatic heterocycles. The lowest BCUT2D eigenvalue weighted by Crippen LogP contribution is -2.54. The molecule has 0 amide bonds. The number of piperidine rings is 1. The highest BCUT2D eigenvalue weighted by Crippen LogP contribution is 2.39. The topological polar surface area (TPSA) is 79.2 Å². The minimum absolute atomic E-state index is 0.321. The van der Waals surface area contributed by atoms with Crippen LogP contribution in [0.5, 0.6) is 11.5 Å². The fourth-order valence-corrected chi connectivity index (χ4v) is 4.08. The number of benzene rings is 1. The Balaban J connectivity index is 2.15. The van der Waals surface area contributed by atoms with Crippen LogP contribution in [0, 0.1) is 5.41 Å². The van der Waals surface area contributed by atoms with Crippen LogP contribution in [0.3, 0.4) is 0 Å². The third kappa shape index (κ3) is 4.86. The van der Waals surface area contributed by atoms with Crippen molar-refractivity contribution < 1.29 is 24.5 Å². The van der Waals surface area contributed by atoms with E-state index in [1.165, 1.54) is 0 Å². The number of rotatable bonds is 9. The lowest BCUT2D eigenvalue weighted by molar-refractivity contribution is -0.164. The zero-order chi connectivity index (χ0) is 20.0. The highest BCUT2D eigenvalue weighted by Gasteiger charge is 2.47. The standard InChI is InChI=1S/C20H30ClNO5/c1-4-7-20(19(24)25)8-9-22(13-17(20)23)12-14-10-15(21)18(27-6-3)16(11-14)26-5-2/h10-11,17,23H,4-9,12-13H2,1-3H3,(H,24,25)/t17-,20+/m1/s1. The Morgan fingerprint density at radius 3 is 2.56 bits per heavy atom. The molecule has 2 atom stereocenters. The number of hydrogen-bond donors (Lipinski definition) is 2. The van der Waals surface area contributed by atoms with E-state index >= 15 is 0 Å². The van der Waals surface area contributed by atoms with Crippen LogP contribution in [0.15, 0.2) is 12.1 Å². The minimum Gasteiger partial charge on any atom is -0.490 e. The van der Waals surface area contributed by atoms with Gasteiger partial charge in [-0.1, -0.05) is 24.9 Å². The summed E-state index contributed by atoms with van der Waals surface area (Å²) in [6.07, 6.45) is 0.754. The first-order valence-electron chi connectivity index (χ1n) is 9.59. The molecule has 0 spiro atoms. The number of halogens is 1. The van der Waals surface area contributed by atoms with Crippen molar-refractivity contribution in [1.29, 1.82) is 0 Å². The van der Waals surface area contributed by atoms with E-state index in [0.717, 1.165) is 12.0 Å². The first-order chi connectivity index (χ1) is 12.9. The number of carboxylic acids is 1. The Hall–Kier alpha value is -1.50. The van der Waals surface area contributed by atoms with Gasteiger partial charge in [-0.25, -0.2) is 0 Å². The van der Waals surface area contributed by atoms with Crippen molar-refractivity contribution in [3.05, 3.63) is 22.7 Å². The molecule has 1 fully saturated rings. The molecule has 0 radical (unpaired) electrons. The monoisotopic (exact) mass is 399 g/mol. The van der Waals surface area contributed by atoms with E-state index in [2.05, 4.69) is 4.90 Å². The van der Waals surface area contributed by atoms with Gasteiger partial charge in [0.25, 0.3) is 0 Å². The van der Waals surface area contributed by atoms with Crippen LogP contribution in [0.25, 0.3) is 0 Å². The third-order valence-corrected chi connectivity index (χ3v) is 5.41. The van der Waals surface area contributed by atoms with Gasteiger partial charge < -0.3 is 19.7 Å². The Labute approximate surface area is 166 Å². The molecule has 1 aliphatic rings. The molecule has 7 heteroatoms. The van der Waals surface area contributed by atoms with E-state index in [1.807, 2.05) is 32.9 Å². The summed E-state index contributed by atoms with van der Waals surface area (Å²) in [6.45, 7) is 8.22. The Morgan fingerprint density at radius 1 is 1.30 bits per heavy atom. The highest BCUT2D eigenvalue weighted by atomic mass is 35.5. The Kier molecular flexibility index (Phi) is 7.77. The maximum atomic E-state index is 11.8. The number of likely N-dealkylation sites (tertiary alicyclic amines) is 1. The molecule has 1 aromatic rings. The van der Waals surface area contributed by atoms with E-state index in [-0.39, 0.29) is 0 Å². The number of carbonyl (C=O) groups is 1. The van der Waals surface area contributed by atoms with E-state index < -0.39 is 17.5 Å². The molecule has 6 nitrogen and oxygen atoms in total. The van der Waals surface area contributed by atoms with Crippen LogP contribution in [0.4, 0.5) is 0 Å². The quantitative estimate of drug-likeness (QED) is 0.660. The summed E-state index contributed by atoms with van der Waals surface area (Å²) >= 11 is 6.37. The summed E-state index contributed by atoms with van der Waals surface area (Å²) < 4.78 is 11.2. The predicted octanol–water partition coefficient (Wildman–Crippen LogP) is 3.58. The smallest absolute Gasteiger partial charge is 0.312 e. The molecule has 0 aliphatic carbocycles. The molecule has 0 unspecified atom stereocenters. The first-order valence-corrected chi connectivity index (χ1v) is 9.97. The number of nitrogens with zero attached hydrogens (tertiary/aromatic N) is 1.